The van der Waals surface area contributed by atoms with E-state index >= 15 is 0 Å². The van der Waals surface area contributed by atoms with Gasteiger partial charge in [-0.05, 0) is 24.1 Å². The van der Waals surface area contributed by atoms with Crippen LogP contribution in [0.4, 0.5) is 11.4 Å². The Bertz CT molecular complexity index is 363. The Hall–Kier alpha value is -1.71. The zero-order valence-electron chi connectivity index (χ0n) is 9.62. The molecule has 1 aromatic carbocycles. The van der Waals surface area contributed by atoms with E-state index in [-0.39, 0.29) is 5.91 Å². The van der Waals surface area contributed by atoms with Gasteiger partial charge in [-0.2, -0.15) is 0 Å². The summed E-state index contributed by atoms with van der Waals surface area (Å²) in [7, 11) is 0. The minimum atomic E-state index is 0.00456. The van der Waals surface area contributed by atoms with Crippen molar-refractivity contribution in [2.45, 2.75) is 26.2 Å². The Labute approximate surface area is 96.0 Å². The first kappa shape index (κ1) is 12.4. The highest BCUT2D eigenvalue weighted by molar-refractivity contribution is 5.80. The van der Waals surface area contributed by atoms with Crippen LogP contribution in [0, 0.1) is 0 Å². The van der Waals surface area contributed by atoms with E-state index in [0.29, 0.717) is 17.8 Å². The number of hydrogen-bond acceptors (Lipinski definition) is 3. The van der Waals surface area contributed by atoms with E-state index in [2.05, 4.69) is 12.2 Å². The van der Waals surface area contributed by atoms with Gasteiger partial charge in [0.05, 0.1) is 6.42 Å². The molecule has 0 radical (unpaired) electrons. The van der Waals surface area contributed by atoms with E-state index in [9.17, 15) is 4.79 Å². The summed E-state index contributed by atoms with van der Waals surface area (Å²) in [5.41, 5.74) is 13.4. The lowest BCUT2D eigenvalue weighted by atomic mass is 10.1. The minimum Gasteiger partial charge on any atom is -0.399 e. The van der Waals surface area contributed by atoms with Crippen molar-refractivity contribution in [2.24, 2.45) is 0 Å². The van der Waals surface area contributed by atoms with Gasteiger partial charge in [0.1, 0.15) is 0 Å². The zero-order chi connectivity index (χ0) is 12.0. The second-order valence-electron chi connectivity index (χ2n) is 3.84. The van der Waals surface area contributed by atoms with Gasteiger partial charge in [0.15, 0.2) is 0 Å². The monoisotopic (exact) mass is 221 g/mol. The van der Waals surface area contributed by atoms with Crippen molar-refractivity contribution in [1.29, 1.82) is 0 Å². The summed E-state index contributed by atoms with van der Waals surface area (Å²) in [5, 5.41) is 2.85. The van der Waals surface area contributed by atoms with Gasteiger partial charge in [0.25, 0.3) is 0 Å². The molecule has 88 valence electrons. The highest BCUT2D eigenvalue weighted by Crippen LogP contribution is 2.15. The van der Waals surface area contributed by atoms with Crippen molar-refractivity contribution in [3.8, 4) is 0 Å². The lowest BCUT2D eigenvalue weighted by molar-refractivity contribution is -0.120. The van der Waals surface area contributed by atoms with Gasteiger partial charge >= 0.3 is 0 Å². The highest BCUT2D eigenvalue weighted by Gasteiger charge is 2.05. The maximum absolute atomic E-state index is 11.5. The fourth-order valence-electron chi connectivity index (χ4n) is 1.41. The summed E-state index contributed by atoms with van der Waals surface area (Å²) in [6.45, 7) is 2.81. The molecular weight excluding hydrogens is 202 g/mol. The molecule has 4 heteroatoms. The predicted octanol–water partition coefficient (Wildman–Crippen LogP) is 1.31. The summed E-state index contributed by atoms with van der Waals surface area (Å²) in [6.07, 6.45) is 2.39. The molecule has 1 rings (SSSR count). The maximum Gasteiger partial charge on any atom is 0.224 e. The van der Waals surface area contributed by atoms with Crippen LogP contribution in [-0.4, -0.2) is 12.5 Å². The number of hydrogen-bond donors (Lipinski definition) is 3. The molecule has 0 aliphatic heterocycles. The summed E-state index contributed by atoms with van der Waals surface area (Å²) >= 11 is 0. The third-order valence-electron chi connectivity index (χ3n) is 2.37. The Kier molecular flexibility index (Phi) is 4.64. The van der Waals surface area contributed by atoms with E-state index < -0.39 is 0 Å². The number of rotatable bonds is 5. The molecule has 5 N–H and O–H groups in total. The normalized spacial score (nSPS) is 10.1. The number of amides is 1. The van der Waals surface area contributed by atoms with Gasteiger partial charge in [-0.25, -0.2) is 0 Å². The number of carbonyl (C=O) groups is 1. The van der Waals surface area contributed by atoms with Crippen LogP contribution < -0.4 is 16.8 Å². The average Bonchev–Trinajstić information content (AvgIpc) is 2.23. The van der Waals surface area contributed by atoms with E-state index in [1.807, 2.05) is 0 Å². The summed E-state index contributed by atoms with van der Waals surface area (Å²) in [4.78, 5) is 11.5. The molecule has 0 aliphatic rings. The fourth-order valence-corrected chi connectivity index (χ4v) is 1.41. The first-order valence-electron chi connectivity index (χ1n) is 5.54. The summed E-state index contributed by atoms with van der Waals surface area (Å²) in [5.74, 6) is 0.00456. The fraction of sp³-hybridized carbons (Fsp3) is 0.417. The van der Waals surface area contributed by atoms with Crippen molar-refractivity contribution in [3.63, 3.8) is 0 Å². The van der Waals surface area contributed by atoms with Crippen LogP contribution in [0.2, 0.25) is 0 Å². The van der Waals surface area contributed by atoms with E-state index in [4.69, 9.17) is 11.5 Å². The molecule has 0 fully saturated rings. The Morgan fingerprint density at radius 3 is 2.75 bits per heavy atom. The van der Waals surface area contributed by atoms with Gasteiger partial charge in [0, 0.05) is 17.9 Å². The van der Waals surface area contributed by atoms with Crippen LogP contribution in [0.3, 0.4) is 0 Å². The van der Waals surface area contributed by atoms with Crippen LogP contribution in [0.1, 0.15) is 25.3 Å². The van der Waals surface area contributed by atoms with Crippen molar-refractivity contribution >= 4 is 17.3 Å². The molecule has 1 amide bonds. The van der Waals surface area contributed by atoms with Gasteiger partial charge in [-0.3, -0.25) is 4.79 Å². The first-order valence-corrected chi connectivity index (χ1v) is 5.54. The molecule has 0 saturated heterocycles. The zero-order valence-corrected chi connectivity index (χ0v) is 9.62. The SMILES string of the molecule is CCCCNC(=O)Cc1ccc(N)cc1N. The highest BCUT2D eigenvalue weighted by atomic mass is 16.1. The van der Waals surface area contributed by atoms with Crippen molar-refractivity contribution in [2.75, 3.05) is 18.0 Å². The Balaban J connectivity index is 2.49. The summed E-state index contributed by atoms with van der Waals surface area (Å²) < 4.78 is 0. The lowest BCUT2D eigenvalue weighted by Crippen LogP contribution is -2.26. The number of carbonyl (C=O) groups excluding carboxylic acids is 1. The second kappa shape index (κ2) is 6.00. The van der Waals surface area contributed by atoms with Crippen LogP contribution in [0.25, 0.3) is 0 Å². The standard InChI is InChI=1S/C12H19N3O/c1-2-3-6-15-12(16)7-9-4-5-10(13)8-11(9)14/h4-5,8H,2-3,6-7,13-14H2,1H3,(H,15,16). The van der Waals surface area contributed by atoms with Gasteiger partial charge in [-0.15, -0.1) is 0 Å². The van der Waals surface area contributed by atoms with Crippen molar-refractivity contribution in [1.82, 2.24) is 5.32 Å². The number of nitrogens with two attached hydrogens (primary N) is 2. The Morgan fingerprint density at radius 2 is 2.12 bits per heavy atom. The molecule has 0 atom stereocenters. The van der Waals surface area contributed by atoms with Crippen LogP contribution >= 0.6 is 0 Å². The lowest BCUT2D eigenvalue weighted by Gasteiger charge is -2.07. The molecule has 0 spiro atoms. The molecule has 0 aromatic heterocycles. The molecule has 16 heavy (non-hydrogen) atoms. The number of anilines is 2. The van der Waals surface area contributed by atoms with Gasteiger partial charge in [-0.1, -0.05) is 19.4 Å². The number of benzene rings is 1. The van der Waals surface area contributed by atoms with Gasteiger partial charge < -0.3 is 16.8 Å². The minimum absolute atomic E-state index is 0.00456. The van der Waals surface area contributed by atoms with Crippen molar-refractivity contribution < 1.29 is 4.79 Å². The third-order valence-corrected chi connectivity index (χ3v) is 2.37. The van der Waals surface area contributed by atoms with Gasteiger partial charge in [0.2, 0.25) is 5.91 Å². The molecular formula is C12H19N3O. The van der Waals surface area contributed by atoms with Crippen molar-refractivity contribution in [3.05, 3.63) is 23.8 Å². The smallest absolute Gasteiger partial charge is 0.224 e. The largest absolute Gasteiger partial charge is 0.399 e. The molecule has 0 bridgehead atoms. The van der Waals surface area contributed by atoms with E-state index in [1.165, 1.54) is 0 Å². The maximum atomic E-state index is 11.5. The number of nitrogens with one attached hydrogen (secondary N) is 1. The molecule has 0 saturated carbocycles. The molecule has 4 nitrogen and oxygen atoms in total. The molecule has 0 unspecified atom stereocenters. The van der Waals surface area contributed by atoms with E-state index in [0.717, 1.165) is 24.9 Å². The quantitative estimate of drug-likeness (QED) is 0.518. The topological polar surface area (TPSA) is 81.1 Å². The number of unbranched alkanes of at least 4 members (excludes halogenated alkanes) is 1. The first-order chi connectivity index (χ1) is 7.63. The average molecular weight is 221 g/mol. The third kappa shape index (κ3) is 3.81. The molecule has 0 heterocycles. The van der Waals surface area contributed by atoms with Crippen LogP contribution in [0.5, 0.6) is 0 Å². The predicted molar refractivity (Wildman–Crippen MR) is 66.9 cm³/mol. The van der Waals surface area contributed by atoms with Crippen LogP contribution in [0.15, 0.2) is 18.2 Å². The Morgan fingerprint density at radius 1 is 1.38 bits per heavy atom. The second-order valence-corrected chi connectivity index (χ2v) is 3.84. The number of nitrogen functional groups attached to an aromatic ring is 2. The molecule has 0 aliphatic carbocycles. The molecule has 1 aromatic rings. The van der Waals surface area contributed by atoms with E-state index in [1.54, 1.807) is 18.2 Å². The summed E-state index contributed by atoms with van der Waals surface area (Å²) in [6, 6.07) is 5.23. The van der Waals surface area contributed by atoms with Crippen LogP contribution in [-0.2, 0) is 11.2 Å².